The van der Waals surface area contributed by atoms with Crippen LogP contribution in [0.3, 0.4) is 0 Å². The maximum absolute atomic E-state index is 6.21. The molecule has 1 fully saturated rings. The minimum Gasteiger partial charge on any atom is -0.236 e. The normalized spacial score (nSPS) is 16.7. The van der Waals surface area contributed by atoms with E-state index in [1.807, 2.05) is 0 Å². The second kappa shape index (κ2) is 6.33. The van der Waals surface area contributed by atoms with Crippen LogP contribution in [-0.4, -0.2) is 9.97 Å². The molecule has 1 saturated carbocycles. The van der Waals surface area contributed by atoms with Crippen LogP contribution in [-0.2, 0) is 6.42 Å². The highest BCUT2D eigenvalue weighted by atomic mass is 79.9. The summed E-state index contributed by atoms with van der Waals surface area (Å²) in [5.74, 6) is 2.14. The highest BCUT2D eigenvalue weighted by Gasteiger charge is 2.23. The van der Waals surface area contributed by atoms with Gasteiger partial charge in [-0.15, -0.1) is 0 Å². The van der Waals surface area contributed by atoms with Crippen molar-refractivity contribution in [2.75, 3.05) is 0 Å². The molecule has 1 heterocycles. The minimum absolute atomic E-state index is 0.567. The molecule has 18 heavy (non-hydrogen) atoms. The summed E-state index contributed by atoms with van der Waals surface area (Å²) in [6, 6.07) is 0. The van der Waals surface area contributed by atoms with Crippen LogP contribution in [0.15, 0.2) is 4.47 Å². The quantitative estimate of drug-likeness (QED) is 0.714. The van der Waals surface area contributed by atoms with E-state index in [0.29, 0.717) is 17.0 Å². The second-order valence-electron chi connectivity index (χ2n) is 5.54. The summed E-state index contributed by atoms with van der Waals surface area (Å²) in [6.07, 6.45) is 7.11. The molecule has 0 atom stereocenters. The summed E-state index contributed by atoms with van der Waals surface area (Å²) in [5.41, 5.74) is 1.13. The van der Waals surface area contributed by atoms with Gasteiger partial charge in [0, 0.05) is 12.3 Å². The molecule has 1 aromatic rings. The van der Waals surface area contributed by atoms with Crippen molar-refractivity contribution in [1.29, 1.82) is 0 Å². The van der Waals surface area contributed by atoms with E-state index < -0.39 is 0 Å². The molecule has 0 saturated heterocycles. The highest BCUT2D eigenvalue weighted by molar-refractivity contribution is 9.10. The van der Waals surface area contributed by atoms with Gasteiger partial charge in [0.2, 0.25) is 0 Å². The van der Waals surface area contributed by atoms with Crippen molar-refractivity contribution in [3.63, 3.8) is 0 Å². The summed E-state index contributed by atoms with van der Waals surface area (Å²) < 4.78 is 0.907. The smallest absolute Gasteiger partial charge is 0.147 e. The molecule has 4 heteroatoms. The highest BCUT2D eigenvalue weighted by Crippen LogP contribution is 2.38. The van der Waals surface area contributed by atoms with Gasteiger partial charge in [0.15, 0.2) is 0 Å². The van der Waals surface area contributed by atoms with Crippen LogP contribution in [0.2, 0.25) is 5.15 Å². The van der Waals surface area contributed by atoms with E-state index in [2.05, 4.69) is 34.8 Å². The lowest BCUT2D eigenvalue weighted by Gasteiger charge is -2.13. The van der Waals surface area contributed by atoms with Gasteiger partial charge in [-0.1, -0.05) is 38.3 Å². The maximum Gasteiger partial charge on any atom is 0.147 e. The topological polar surface area (TPSA) is 25.8 Å². The fraction of sp³-hybridized carbons (Fsp3) is 0.714. The standard InChI is InChI=1S/C14H20BrClN2/c1-9(2)7-8-11-17-13(10-5-3-4-6-10)12(15)14(16)18-11/h9-10H,3-8H2,1-2H3. The number of aryl methyl sites for hydroxylation is 1. The lowest BCUT2D eigenvalue weighted by Crippen LogP contribution is -2.06. The second-order valence-corrected chi connectivity index (χ2v) is 6.69. The van der Waals surface area contributed by atoms with Gasteiger partial charge in [0.1, 0.15) is 11.0 Å². The van der Waals surface area contributed by atoms with Crippen LogP contribution in [0, 0.1) is 5.92 Å². The molecule has 0 N–H and O–H groups in total. The molecule has 0 radical (unpaired) electrons. The number of rotatable bonds is 4. The Labute approximate surface area is 123 Å². The van der Waals surface area contributed by atoms with Crippen molar-refractivity contribution in [2.24, 2.45) is 5.92 Å². The van der Waals surface area contributed by atoms with Crippen LogP contribution < -0.4 is 0 Å². The van der Waals surface area contributed by atoms with Crippen molar-refractivity contribution < 1.29 is 0 Å². The first-order chi connectivity index (χ1) is 8.58. The van der Waals surface area contributed by atoms with E-state index in [1.165, 1.54) is 25.7 Å². The predicted molar refractivity (Wildman–Crippen MR) is 79.1 cm³/mol. The van der Waals surface area contributed by atoms with Gasteiger partial charge in [-0.2, -0.15) is 0 Å². The van der Waals surface area contributed by atoms with Crippen LogP contribution >= 0.6 is 27.5 Å². The van der Waals surface area contributed by atoms with Crippen LogP contribution in [0.5, 0.6) is 0 Å². The van der Waals surface area contributed by atoms with Gasteiger partial charge in [-0.3, -0.25) is 0 Å². The average Bonchev–Trinajstić information content (AvgIpc) is 2.84. The van der Waals surface area contributed by atoms with Gasteiger partial charge in [0.05, 0.1) is 10.2 Å². The zero-order valence-corrected chi connectivity index (χ0v) is 13.4. The fourth-order valence-electron chi connectivity index (χ4n) is 2.48. The van der Waals surface area contributed by atoms with E-state index in [1.54, 1.807) is 0 Å². The van der Waals surface area contributed by atoms with Gasteiger partial charge in [-0.25, -0.2) is 9.97 Å². The molecule has 2 rings (SSSR count). The van der Waals surface area contributed by atoms with E-state index >= 15 is 0 Å². The Morgan fingerprint density at radius 3 is 2.56 bits per heavy atom. The van der Waals surface area contributed by atoms with E-state index in [0.717, 1.165) is 28.8 Å². The Balaban J connectivity index is 2.21. The molecule has 1 aliphatic carbocycles. The molecule has 1 aromatic heterocycles. The maximum atomic E-state index is 6.21. The molecule has 0 spiro atoms. The Morgan fingerprint density at radius 1 is 1.28 bits per heavy atom. The first kappa shape index (κ1) is 14.3. The Morgan fingerprint density at radius 2 is 1.94 bits per heavy atom. The lowest BCUT2D eigenvalue weighted by atomic mass is 10.0. The zero-order chi connectivity index (χ0) is 13.1. The van der Waals surface area contributed by atoms with Crippen LogP contribution in [0.25, 0.3) is 0 Å². The molecular weight excluding hydrogens is 312 g/mol. The van der Waals surface area contributed by atoms with Gasteiger partial charge in [0.25, 0.3) is 0 Å². The third-order valence-corrected chi connectivity index (χ3v) is 4.85. The largest absolute Gasteiger partial charge is 0.236 e. The third-order valence-electron chi connectivity index (χ3n) is 3.57. The van der Waals surface area contributed by atoms with Crippen molar-refractivity contribution in [3.8, 4) is 0 Å². The summed E-state index contributed by atoms with van der Waals surface area (Å²) in [6.45, 7) is 4.44. The van der Waals surface area contributed by atoms with E-state index in [-0.39, 0.29) is 0 Å². The molecule has 100 valence electrons. The third kappa shape index (κ3) is 3.45. The lowest BCUT2D eigenvalue weighted by molar-refractivity contribution is 0.569. The zero-order valence-electron chi connectivity index (χ0n) is 11.0. The average molecular weight is 332 g/mol. The summed E-state index contributed by atoms with van der Waals surface area (Å²) in [5, 5.41) is 0.575. The summed E-state index contributed by atoms with van der Waals surface area (Å²) in [4.78, 5) is 9.13. The van der Waals surface area contributed by atoms with Gasteiger partial charge >= 0.3 is 0 Å². The van der Waals surface area contributed by atoms with Crippen molar-refractivity contribution in [1.82, 2.24) is 9.97 Å². The monoisotopic (exact) mass is 330 g/mol. The van der Waals surface area contributed by atoms with Gasteiger partial charge < -0.3 is 0 Å². The predicted octanol–water partition coefficient (Wildman–Crippen LogP) is 5.14. The number of hydrogen-bond donors (Lipinski definition) is 0. The van der Waals surface area contributed by atoms with Gasteiger partial charge in [-0.05, 0) is 41.1 Å². The molecule has 0 aromatic carbocycles. The molecule has 0 aliphatic heterocycles. The Bertz CT molecular complexity index is 415. The Hall–Kier alpha value is -0.150. The molecule has 0 unspecified atom stereocenters. The van der Waals surface area contributed by atoms with Crippen molar-refractivity contribution >= 4 is 27.5 Å². The molecule has 0 amide bonds. The summed E-state index contributed by atoms with van der Waals surface area (Å²) >= 11 is 9.76. The molecule has 2 nitrogen and oxygen atoms in total. The van der Waals surface area contributed by atoms with Crippen molar-refractivity contribution in [2.45, 2.75) is 58.3 Å². The van der Waals surface area contributed by atoms with Crippen LogP contribution in [0.4, 0.5) is 0 Å². The van der Waals surface area contributed by atoms with E-state index in [4.69, 9.17) is 16.6 Å². The minimum atomic E-state index is 0.567. The Kier molecular flexibility index (Phi) is 5.02. The molecule has 0 bridgehead atoms. The van der Waals surface area contributed by atoms with Crippen LogP contribution in [0.1, 0.15) is 63.4 Å². The number of aromatic nitrogens is 2. The number of halogens is 2. The first-order valence-electron chi connectivity index (χ1n) is 6.79. The first-order valence-corrected chi connectivity index (χ1v) is 7.97. The van der Waals surface area contributed by atoms with Crippen molar-refractivity contribution in [3.05, 3.63) is 21.1 Å². The fourth-order valence-corrected chi connectivity index (χ4v) is 3.18. The van der Waals surface area contributed by atoms with E-state index in [9.17, 15) is 0 Å². The number of nitrogens with zero attached hydrogens (tertiary/aromatic N) is 2. The number of hydrogen-bond acceptors (Lipinski definition) is 2. The SMILES string of the molecule is CC(C)CCc1nc(Cl)c(Br)c(C2CCCC2)n1. The summed E-state index contributed by atoms with van der Waals surface area (Å²) in [7, 11) is 0. The molecular formula is C14H20BrClN2. The molecule has 1 aliphatic rings.